The van der Waals surface area contributed by atoms with Crippen LogP contribution in [0.5, 0.6) is 5.75 Å². The lowest BCUT2D eigenvalue weighted by Crippen LogP contribution is -2.58. The first-order chi connectivity index (χ1) is 29.8. The highest BCUT2D eigenvalue weighted by Crippen LogP contribution is 2.35. The number of anilines is 2. The number of rotatable bonds is 14. The zero-order valence-electron chi connectivity index (χ0n) is 35.5. The number of ether oxygens (including phenoxy) is 2. The Kier molecular flexibility index (Phi) is 13.6. The van der Waals surface area contributed by atoms with Crippen LogP contribution < -0.4 is 25.6 Å². The number of nitrogens with zero attached hydrogens (tertiary/aromatic N) is 5. The van der Waals surface area contributed by atoms with Crippen molar-refractivity contribution >= 4 is 46.3 Å². The van der Waals surface area contributed by atoms with E-state index in [4.69, 9.17) is 9.47 Å². The Bertz CT molecular complexity index is 2380. The standard InChI is InChI=1S/C45H52FN9O6S/c1-27-40(62-26-48-27)29-13-11-28(12-14-29)24-47-43(58)36-10-7-19-55(36)44(59)41(45(2,3)4)52-39(56)25-61-30-16-20-54(21-17-30)37-23-38(60-5)35(22-31(37)46)51-42(57)34-9-6-8-32(50-34)33-15-18-49-53-33/h6,8-9,11-15,18,22-23,26,30,36,41H,7,10,16-17,19-21,24-25H2,1-5H3,(H,47,58)(H,49,53)(H,51,57)(H,52,56)/t36-,41+/m0/s1. The lowest BCUT2D eigenvalue weighted by molar-refractivity contribution is -0.144. The average molecular weight is 866 g/mol. The predicted molar refractivity (Wildman–Crippen MR) is 234 cm³/mol. The van der Waals surface area contributed by atoms with E-state index < -0.39 is 35.1 Å². The Morgan fingerprint density at radius 1 is 1.02 bits per heavy atom. The SMILES string of the molecule is COc1cc(N2CCC(OCC(=O)N[C@H](C(=O)N3CCC[C@H]3C(=O)NCc3ccc(-c4scnc4C)cc3)C(C)(C)C)CC2)c(F)cc1NC(=O)c1cccc(-c2ccn[nH]2)n1. The predicted octanol–water partition coefficient (Wildman–Crippen LogP) is 6.13. The van der Waals surface area contributed by atoms with Crippen molar-refractivity contribution in [3.63, 3.8) is 0 Å². The molecule has 15 nitrogen and oxygen atoms in total. The Morgan fingerprint density at radius 2 is 1.79 bits per heavy atom. The number of benzene rings is 2. The first kappa shape index (κ1) is 43.9. The molecular weight excluding hydrogens is 814 g/mol. The third-order valence-electron chi connectivity index (χ3n) is 11.2. The molecule has 3 aromatic heterocycles. The number of H-pyrrole nitrogens is 1. The molecule has 0 aliphatic carbocycles. The monoisotopic (exact) mass is 865 g/mol. The highest BCUT2D eigenvalue weighted by atomic mass is 32.1. The number of methoxy groups -OCH3 is 1. The normalized spacial score (nSPS) is 16.2. The van der Waals surface area contributed by atoms with Crippen LogP contribution in [0.1, 0.15) is 68.2 Å². The number of amides is 4. The van der Waals surface area contributed by atoms with Crippen molar-refractivity contribution in [2.45, 2.75) is 78.1 Å². The molecule has 5 aromatic rings. The number of thiazole rings is 1. The molecule has 0 spiro atoms. The first-order valence-corrected chi connectivity index (χ1v) is 21.6. The van der Waals surface area contributed by atoms with Crippen molar-refractivity contribution in [3.8, 4) is 27.6 Å². The van der Waals surface area contributed by atoms with Gasteiger partial charge in [-0.15, -0.1) is 11.3 Å². The number of hydrogen-bond acceptors (Lipinski definition) is 11. The van der Waals surface area contributed by atoms with Gasteiger partial charge in [-0.2, -0.15) is 5.10 Å². The molecule has 2 atom stereocenters. The van der Waals surface area contributed by atoms with Gasteiger partial charge in [0.2, 0.25) is 17.7 Å². The number of nitrogens with one attached hydrogen (secondary N) is 4. The van der Waals surface area contributed by atoms with Crippen LogP contribution in [0.2, 0.25) is 0 Å². The van der Waals surface area contributed by atoms with Crippen LogP contribution in [0.25, 0.3) is 21.8 Å². The maximum Gasteiger partial charge on any atom is 0.274 e. The molecule has 0 radical (unpaired) electrons. The molecule has 2 saturated heterocycles. The van der Waals surface area contributed by atoms with Gasteiger partial charge in [-0.3, -0.25) is 24.3 Å². The van der Waals surface area contributed by atoms with Crippen molar-refractivity contribution in [3.05, 3.63) is 95.1 Å². The molecule has 2 fully saturated rings. The largest absolute Gasteiger partial charge is 0.494 e. The molecule has 2 aliphatic heterocycles. The second-order valence-electron chi connectivity index (χ2n) is 16.6. The summed E-state index contributed by atoms with van der Waals surface area (Å²) >= 11 is 1.59. The van der Waals surface area contributed by atoms with Gasteiger partial charge in [0.25, 0.3) is 5.91 Å². The number of aromatic nitrogens is 4. The zero-order valence-corrected chi connectivity index (χ0v) is 36.3. The highest BCUT2D eigenvalue weighted by Gasteiger charge is 2.42. The third kappa shape index (κ3) is 10.3. The van der Waals surface area contributed by atoms with Crippen molar-refractivity contribution in [1.29, 1.82) is 0 Å². The summed E-state index contributed by atoms with van der Waals surface area (Å²) in [4.78, 5) is 67.2. The molecule has 4 N–H and O–H groups in total. The molecule has 7 rings (SSSR count). The fraction of sp³-hybridized carbons (Fsp3) is 0.400. The quantitative estimate of drug-likeness (QED) is 0.101. The minimum atomic E-state index is -0.884. The smallest absolute Gasteiger partial charge is 0.274 e. The van der Waals surface area contributed by atoms with Crippen LogP contribution in [0.3, 0.4) is 0 Å². The van der Waals surface area contributed by atoms with E-state index in [0.29, 0.717) is 68.9 Å². The second kappa shape index (κ2) is 19.2. The summed E-state index contributed by atoms with van der Waals surface area (Å²) in [6, 6.07) is 16.0. The maximum atomic E-state index is 15.6. The number of aryl methyl sites for hydroxylation is 1. The van der Waals surface area contributed by atoms with Crippen molar-refractivity contribution in [2.75, 3.05) is 43.6 Å². The minimum absolute atomic E-state index is 0.136. The number of piperidine rings is 1. The van der Waals surface area contributed by atoms with Crippen molar-refractivity contribution in [1.82, 2.24) is 35.7 Å². The fourth-order valence-electron chi connectivity index (χ4n) is 7.78. The molecular formula is C45H52FN9O6S. The van der Waals surface area contributed by atoms with Crippen LogP contribution in [0, 0.1) is 18.2 Å². The van der Waals surface area contributed by atoms with E-state index in [2.05, 4.69) is 36.1 Å². The topological polar surface area (TPSA) is 184 Å². The summed E-state index contributed by atoms with van der Waals surface area (Å²) in [5.74, 6) is -1.76. The summed E-state index contributed by atoms with van der Waals surface area (Å²) in [5, 5.41) is 15.4. The van der Waals surface area contributed by atoms with Gasteiger partial charge in [0.1, 0.15) is 36.0 Å². The minimum Gasteiger partial charge on any atom is -0.494 e. The Hall–Kier alpha value is -6.20. The molecule has 5 heterocycles. The van der Waals surface area contributed by atoms with Crippen LogP contribution >= 0.6 is 11.3 Å². The van der Waals surface area contributed by atoms with Gasteiger partial charge in [0.15, 0.2) is 0 Å². The maximum absolute atomic E-state index is 15.6. The number of pyridine rings is 1. The summed E-state index contributed by atoms with van der Waals surface area (Å²) < 4.78 is 27.2. The Balaban J connectivity index is 0.890. The van der Waals surface area contributed by atoms with Gasteiger partial charge in [0, 0.05) is 44.5 Å². The lowest BCUT2D eigenvalue weighted by atomic mass is 9.85. The van der Waals surface area contributed by atoms with Crippen molar-refractivity contribution in [2.24, 2.45) is 5.41 Å². The first-order valence-electron chi connectivity index (χ1n) is 20.7. The number of likely N-dealkylation sites (tertiary alicyclic amines) is 1. The number of hydrogen-bond donors (Lipinski definition) is 4. The van der Waals surface area contributed by atoms with E-state index in [0.717, 1.165) is 21.7 Å². The number of carbonyl (C=O) groups is 4. The van der Waals surface area contributed by atoms with Crippen LogP contribution in [0.4, 0.5) is 15.8 Å². The zero-order chi connectivity index (χ0) is 44.0. The number of carbonyl (C=O) groups excluding carboxylic acids is 4. The Labute approximate surface area is 363 Å². The summed E-state index contributed by atoms with van der Waals surface area (Å²) in [5.41, 5.74) is 5.96. The van der Waals surface area contributed by atoms with Crippen molar-refractivity contribution < 1.29 is 33.0 Å². The van der Waals surface area contributed by atoms with Gasteiger partial charge in [-0.1, -0.05) is 51.1 Å². The summed E-state index contributed by atoms with van der Waals surface area (Å²) in [6.07, 6.45) is 3.57. The molecule has 0 bridgehead atoms. The van der Waals surface area contributed by atoms with Crippen LogP contribution in [-0.4, -0.2) is 100 Å². The van der Waals surface area contributed by atoms with Gasteiger partial charge < -0.3 is 35.2 Å². The summed E-state index contributed by atoms with van der Waals surface area (Å²) in [6.45, 7) is 8.99. The fourth-order valence-corrected chi connectivity index (χ4v) is 8.60. The average Bonchev–Trinajstić information content (AvgIpc) is 4.08. The van der Waals surface area contributed by atoms with E-state index in [-0.39, 0.29) is 41.7 Å². The molecule has 4 amide bonds. The molecule has 17 heteroatoms. The third-order valence-corrected chi connectivity index (χ3v) is 12.2. The van der Waals surface area contributed by atoms with E-state index >= 15 is 4.39 Å². The van der Waals surface area contributed by atoms with E-state index in [1.54, 1.807) is 52.8 Å². The van der Waals surface area contributed by atoms with Gasteiger partial charge in [-0.25, -0.2) is 14.4 Å². The lowest BCUT2D eigenvalue weighted by Gasteiger charge is -2.36. The number of aromatic amines is 1. The van der Waals surface area contributed by atoms with E-state index in [9.17, 15) is 19.2 Å². The number of halogens is 1. The molecule has 2 aliphatic rings. The van der Waals surface area contributed by atoms with E-state index in [1.165, 1.54) is 13.2 Å². The molecule has 62 heavy (non-hydrogen) atoms. The molecule has 2 aromatic carbocycles. The van der Waals surface area contributed by atoms with Gasteiger partial charge in [-0.05, 0) is 67.3 Å². The Morgan fingerprint density at radius 3 is 2.47 bits per heavy atom. The van der Waals surface area contributed by atoms with Gasteiger partial charge >= 0.3 is 0 Å². The van der Waals surface area contributed by atoms with Crippen LogP contribution in [-0.2, 0) is 25.7 Å². The highest BCUT2D eigenvalue weighted by molar-refractivity contribution is 7.13. The second-order valence-corrected chi connectivity index (χ2v) is 17.4. The molecule has 0 unspecified atom stereocenters. The molecule has 326 valence electrons. The van der Waals surface area contributed by atoms with E-state index in [1.807, 2.05) is 62.4 Å². The summed E-state index contributed by atoms with van der Waals surface area (Å²) in [7, 11) is 1.45. The molecule has 0 saturated carbocycles. The van der Waals surface area contributed by atoms with Gasteiger partial charge in [0.05, 0.1) is 52.1 Å². The van der Waals surface area contributed by atoms with Crippen LogP contribution in [0.15, 0.2) is 72.4 Å².